The smallest absolute Gasteiger partial charge is 0.225 e. The zero-order chi connectivity index (χ0) is 14.0. The first-order valence-electron chi connectivity index (χ1n) is 6.27. The summed E-state index contributed by atoms with van der Waals surface area (Å²) in [5.41, 5.74) is 4.75. The molecule has 1 aromatic heterocycles. The van der Waals surface area contributed by atoms with Crippen LogP contribution in [-0.2, 0) is 4.79 Å². The van der Waals surface area contributed by atoms with Gasteiger partial charge in [0, 0.05) is 19.6 Å². The van der Waals surface area contributed by atoms with Crippen LogP contribution in [-0.4, -0.2) is 35.5 Å². The van der Waals surface area contributed by atoms with Crippen molar-refractivity contribution in [3.63, 3.8) is 0 Å². The molecule has 2 rings (SSSR count). The highest BCUT2D eigenvalue weighted by Gasteiger charge is 2.40. The molecule has 7 heteroatoms. The van der Waals surface area contributed by atoms with E-state index in [2.05, 4.69) is 15.3 Å². The lowest BCUT2D eigenvalue weighted by atomic mass is 9.89. The summed E-state index contributed by atoms with van der Waals surface area (Å²) in [6.07, 6.45) is 1.74. The fourth-order valence-electron chi connectivity index (χ4n) is 2.17. The molecule has 1 aromatic rings. The third kappa shape index (κ3) is 2.59. The van der Waals surface area contributed by atoms with Crippen LogP contribution < -0.4 is 16.0 Å². The highest BCUT2D eigenvalue weighted by atomic mass is 19.1. The normalized spacial score (nSPS) is 22.6. The van der Waals surface area contributed by atoms with E-state index in [4.69, 9.17) is 5.73 Å². The molecule has 6 nitrogen and oxygen atoms in total. The third-order valence-electron chi connectivity index (χ3n) is 3.43. The second kappa shape index (κ2) is 4.99. The number of carbonyl (C=O) groups is 1. The summed E-state index contributed by atoms with van der Waals surface area (Å²) in [4.78, 5) is 21.2. The van der Waals surface area contributed by atoms with Crippen LogP contribution in [0.3, 0.4) is 0 Å². The Morgan fingerprint density at radius 3 is 3.00 bits per heavy atom. The van der Waals surface area contributed by atoms with E-state index in [0.29, 0.717) is 32.0 Å². The summed E-state index contributed by atoms with van der Waals surface area (Å²) < 4.78 is 13.8. The summed E-state index contributed by atoms with van der Waals surface area (Å²) >= 11 is 0. The Balaban J connectivity index is 2.23. The molecule has 3 N–H and O–H groups in total. The van der Waals surface area contributed by atoms with Crippen LogP contribution in [0.25, 0.3) is 0 Å². The molecule has 1 amide bonds. The maximum absolute atomic E-state index is 13.8. The van der Waals surface area contributed by atoms with Gasteiger partial charge in [-0.3, -0.25) is 4.79 Å². The maximum atomic E-state index is 13.8. The van der Waals surface area contributed by atoms with Crippen LogP contribution in [0.2, 0.25) is 0 Å². The Morgan fingerprint density at radius 2 is 2.42 bits per heavy atom. The minimum Gasteiger partial charge on any atom is -0.369 e. The van der Waals surface area contributed by atoms with Gasteiger partial charge in [0.15, 0.2) is 11.6 Å². The minimum atomic E-state index is -0.629. The molecule has 0 bridgehead atoms. The summed E-state index contributed by atoms with van der Waals surface area (Å²) in [6.45, 7) is 5.29. The molecule has 19 heavy (non-hydrogen) atoms. The number of nitrogens with two attached hydrogens (primary N) is 1. The molecule has 0 saturated carbocycles. The highest BCUT2D eigenvalue weighted by molar-refractivity contribution is 5.82. The second-order valence-corrected chi connectivity index (χ2v) is 4.99. The van der Waals surface area contributed by atoms with Crippen molar-refractivity contribution in [2.75, 3.05) is 29.9 Å². The van der Waals surface area contributed by atoms with Gasteiger partial charge < -0.3 is 16.0 Å². The average Bonchev–Trinajstić information content (AvgIpc) is 2.76. The second-order valence-electron chi connectivity index (χ2n) is 4.99. The van der Waals surface area contributed by atoms with E-state index < -0.39 is 11.2 Å². The quantitative estimate of drug-likeness (QED) is 0.841. The summed E-state index contributed by atoms with van der Waals surface area (Å²) in [5, 5.41) is 2.93. The van der Waals surface area contributed by atoms with Crippen molar-refractivity contribution < 1.29 is 9.18 Å². The van der Waals surface area contributed by atoms with E-state index in [1.807, 2.05) is 6.92 Å². The molecule has 1 aliphatic heterocycles. The van der Waals surface area contributed by atoms with Crippen LogP contribution in [0.4, 0.5) is 16.2 Å². The number of nitrogens with zero attached hydrogens (tertiary/aromatic N) is 3. The first-order chi connectivity index (χ1) is 8.96. The monoisotopic (exact) mass is 267 g/mol. The molecule has 104 valence electrons. The predicted molar refractivity (Wildman–Crippen MR) is 70.3 cm³/mol. The lowest BCUT2D eigenvalue weighted by molar-refractivity contribution is -0.125. The Labute approximate surface area is 111 Å². The van der Waals surface area contributed by atoms with E-state index >= 15 is 0 Å². The molecule has 0 radical (unpaired) electrons. The summed E-state index contributed by atoms with van der Waals surface area (Å²) in [7, 11) is 0. The van der Waals surface area contributed by atoms with E-state index in [9.17, 15) is 9.18 Å². The Morgan fingerprint density at radius 1 is 1.68 bits per heavy atom. The van der Waals surface area contributed by atoms with Gasteiger partial charge in [-0.15, -0.1) is 0 Å². The molecule has 0 aliphatic carbocycles. The van der Waals surface area contributed by atoms with Crippen molar-refractivity contribution in [2.45, 2.75) is 20.3 Å². The minimum absolute atomic E-state index is 0.218. The number of anilines is 2. The van der Waals surface area contributed by atoms with Crippen molar-refractivity contribution in [3.05, 3.63) is 12.0 Å². The number of carbonyl (C=O) groups excluding carboxylic acids is 1. The van der Waals surface area contributed by atoms with Crippen molar-refractivity contribution in [2.24, 2.45) is 11.1 Å². The average molecular weight is 267 g/mol. The number of nitrogens with one attached hydrogen (secondary N) is 1. The number of hydrogen-bond acceptors (Lipinski definition) is 5. The fourth-order valence-corrected chi connectivity index (χ4v) is 2.17. The van der Waals surface area contributed by atoms with Gasteiger partial charge in [0.05, 0.1) is 11.6 Å². The summed E-state index contributed by atoms with van der Waals surface area (Å²) in [5.74, 6) is -0.255. The lowest BCUT2D eigenvalue weighted by Crippen LogP contribution is -2.37. The molecule has 2 heterocycles. The molecule has 1 unspecified atom stereocenters. The Kier molecular flexibility index (Phi) is 3.55. The van der Waals surface area contributed by atoms with Gasteiger partial charge in [0.1, 0.15) is 0 Å². The molecule has 0 aromatic carbocycles. The Hall–Kier alpha value is -1.92. The van der Waals surface area contributed by atoms with Gasteiger partial charge >= 0.3 is 0 Å². The highest BCUT2D eigenvalue weighted by Crippen LogP contribution is 2.33. The SMILES string of the molecule is CCNc1ncc(F)c(N2CCC(C)(C(N)=O)C2)n1. The zero-order valence-corrected chi connectivity index (χ0v) is 11.1. The molecule has 0 spiro atoms. The zero-order valence-electron chi connectivity index (χ0n) is 11.1. The lowest BCUT2D eigenvalue weighted by Gasteiger charge is -2.22. The first kappa shape index (κ1) is 13.5. The topological polar surface area (TPSA) is 84.1 Å². The number of rotatable bonds is 4. The van der Waals surface area contributed by atoms with E-state index in [1.165, 1.54) is 0 Å². The van der Waals surface area contributed by atoms with Gasteiger partial charge in [-0.2, -0.15) is 4.98 Å². The molecular weight excluding hydrogens is 249 g/mol. The van der Waals surface area contributed by atoms with Gasteiger partial charge in [-0.05, 0) is 20.3 Å². The van der Waals surface area contributed by atoms with Crippen molar-refractivity contribution in [1.29, 1.82) is 0 Å². The van der Waals surface area contributed by atoms with Gasteiger partial charge in [0.25, 0.3) is 0 Å². The van der Waals surface area contributed by atoms with Gasteiger partial charge in [0.2, 0.25) is 11.9 Å². The molecule has 1 aliphatic rings. The van der Waals surface area contributed by atoms with Gasteiger partial charge in [-0.1, -0.05) is 0 Å². The number of hydrogen-bond donors (Lipinski definition) is 2. The Bertz CT molecular complexity index is 495. The number of primary amides is 1. The maximum Gasteiger partial charge on any atom is 0.225 e. The first-order valence-corrected chi connectivity index (χ1v) is 6.27. The molecular formula is C12H18FN5O. The standard InChI is InChI=1S/C12H18FN5O/c1-3-15-11-16-6-8(13)9(17-11)18-5-4-12(2,7-18)10(14)19/h6H,3-5,7H2,1-2H3,(H2,14,19)(H,15,16,17). The number of amides is 1. The molecule has 1 fully saturated rings. The van der Waals surface area contributed by atoms with E-state index in [0.717, 1.165) is 6.20 Å². The molecule has 1 saturated heterocycles. The summed E-state index contributed by atoms with van der Waals surface area (Å²) in [6, 6.07) is 0. The van der Waals surface area contributed by atoms with Crippen molar-refractivity contribution in [3.8, 4) is 0 Å². The van der Waals surface area contributed by atoms with Crippen LogP contribution in [0.1, 0.15) is 20.3 Å². The van der Waals surface area contributed by atoms with Crippen LogP contribution in [0.5, 0.6) is 0 Å². The van der Waals surface area contributed by atoms with Crippen LogP contribution in [0.15, 0.2) is 6.20 Å². The third-order valence-corrected chi connectivity index (χ3v) is 3.43. The van der Waals surface area contributed by atoms with Crippen molar-refractivity contribution in [1.82, 2.24) is 9.97 Å². The van der Waals surface area contributed by atoms with E-state index in [1.54, 1.807) is 11.8 Å². The fraction of sp³-hybridized carbons (Fsp3) is 0.583. The number of aromatic nitrogens is 2. The van der Waals surface area contributed by atoms with Gasteiger partial charge in [-0.25, -0.2) is 9.37 Å². The molecule has 1 atom stereocenters. The van der Waals surface area contributed by atoms with Crippen molar-refractivity contribution >= 4 is 17.7 Å². The van der Waals surface area contributed by atoms with Crippen LogP contribution in [0, 0.1) is 11.2 Å². The van der Waals surface area contributed by atoms with Crippen LogP contribution >= 0.6 is 0 Å². The van der Waals surface area contributed by atoms with E-state index in [-0.39, 0.29) is 11.7 Å². The predicted octanol–water partition coefficient (Wildman–Crippen LogP) is 0.749. The number of halogens is 1. The largest absolute Gasteiger partial charge is 0.369 e.